The summed E-state index contributed by atoms with van der Waals surface area (Å²) in [5.41, 5.74) is 1.84. The molecule has 2 atom stereocenters. The van der Waals surface area contributed by atoms with E-state index >= 15 is 0 Å². The normalized spacial score (nSPS) is 21.0. The van der Waals surface area contributed by atoms with Crippen LogP contribution in [0.15, 0.2) is 31.7 Å². The third kappa shape index (κ3) is 4.10. The van der Waals surface area contributed by atoms with Gasteiger partial charge in [-0.05, 0) is 5.57 Å². The first kappa shape index (κ1) is 21.5. The van der Waals surface area contributed by atoms with E-state index in [1.165, 1.54) is 45.1 Å². The highest BCUT2D eigenvalue weighted by Crippen LogP contribution is 2.41. The SMILES string of the molecule is N=c1[nH]c(/C(=N/O)C(=O)NC2C(=O)N3C(C(=O)O)=C(CSc4nncs4)CS[C@H]23)cs1. The van der Waals surface area contributed by atoms with E-state index in [1.807, 2.05) is 0 Å². The zero-order valence-electron chi connectivity index (χ0n) is 15.3. The topological polar surface area (TPSA) is 185 Å². The summed E-state index contributed by atoms with van der Waals surface area (Å²) < 4.78 is 0.696. The molecule has 12 nitrogen and oxygen atoms in total. The highest BCUT2D eigenvalue weighted by molar-refractivity contribution is 8.01. The summed E-state index contributed by atoms with van der Waals surface area (Å²) >= 11 is 5.03. The molecule has 2 amide bonds. The molecule has 0 radical (unpaired) electrons. The third-order valence-electron chi connectivity index (χ3n) is 4.36. The molecule has 0 bridgehead atoms. The number of rotatable bonds is 7. The van der Waals surface area contributed by atoms with Gasteiger partial charge in [0.15, 0.2) is 14.9 Å². The second-order valence-electron chi connectivity index (χ2n) is 6.16. The van der Waals surface area contributed by atoms with Crippen LogP contribution in [0.3, 0.4) is 0 Å². The number of hydrogen-bond acceptors (Lipinski definition) is 12. The van der Waals surface area contributed by atoms with Crippen LogP contribution in [-0.4, -0.2) is 76.8 Å². The number of thioether (sulfide) groups is 2. The second kappa shape index (κ2) is 8.81. The van der Waals surface area contributed by atoms with Crippen LogP contribution in [0.5, 0.6) is 0 Å². The number of H-pyrrole nitrogens is 1. The van der Waals surface area contributed by atoms with Crippen molar-refractivity contribution in [2.75, 3.05) is 11.5 Å². The van der Waals surface area contributed by atoms with Gasteiger partial charge in [0.2, 0.25) is 0 Å². The first-order valence-corrected chi connectivity index (χ1v) is 12.2. The van der Waals surface area contributed by atoms with Crippen molar-refractivity contribution in [3.05, 3.63) is 32.7 Å². The molecule has 162 valence electrons. The smallest absolute Gasteiger partial charge is 0.352 e. The minimum absolute atomic E-state index is 0.0628. The molecule has 1 saturated heterocycles. The molecule has 2 aromatic heterocycles. The van der Waals surface area contributed by atoms with E-state index in [9.17, 15) is 24.7 Å². The number of aromatic amines is 1. The van der Waals surface area contributed by atoms with E-state index in [-0.39, 0.29) is 21.9 Å². The Morgan fingerprint density at radius 2 is 2.26 bits per heavy atom. The summed E-state index contributed by atoms with van der Waals surface area (Å²) in [6.07, 6.45) is 0. The van der Waals surface area contributed by atoms with Crippen molar-refractivity contribution >= 4 is 69.7 Å². The van der Waals surface area contributed by atoms with Gasteiger partial charge in [-0.2, -0.15) is 0 Å². The average Bonchev–Trinajstić information content (AvgIpc) is 3.42. The number of nitrogens with one attached hydrogen (secondary N) is 3. The van der Waals surface area contributed by atoms with Crippen molar-refractivity contribution in [2.24, 2.45) is 5.16 Å². The summed E-state index contributed by atoms with van der Waals surface area (Å²) in [4.78, 5) is 40.9. The summed E-state index contributed by atoms with van der Waals surface area (Å²) in [6, 6.07) is -0.963. The Morgan fingerprint density at radius 1 is 1.45 bits per heavy atom. The number of nitrogens with zero attached hydrogens (tertiary/aromatic N) is 4. The summed E-state index contributed by atoms with van der Waals surface area (Å²) in [7, 11) is 0. The first-order chi connectivity index (χ1) is 14.9. The number of aliphatic carboxylic acids is 1. The van der Waals surface area contributed by atoms with Crippen LogP contribution in [0, 0.1) is 5.41 Å². The molecule has 1 unspecified atom stereocenters. The zero-order valence-corrected chi connectivity index (χ0v) is 18.5. The number of aromatic nitrogens is 3. The Labute approximate surface area is 190 Å². The van der Waals surface area contributed by atoms with Crippen LogP contribution in [-0.2, 0) is 14.4 Å². The molecule has 5 N–H and O–H groups in total. The highest BCUT2D eigenvalue weighted by atomic mass is 32.2. The van der Waals surface area contributed by atoms with Crippen LogP contribution in [0.2, 0.25) is 0 Å². The van der Waals surface area contributed by atoms with Gasteiger partial charge in [-0.3, -0.25) is 19.9 Å². The molecule has 2 aliphatic rings. The van der Waals surface area contributed by atoms with Crippen molar-refractivity contribution in [1.82, 2.24) is 25.4 Å². The molecule has 1 fully saturated rings. The van der Waals surface area contributed by atoms with Gasteiger partial charge in [-0.25, -0.2) is 4.79 Å². The van der Waals surface area contributed by atoms with Gasteiger partial charge in [0.1, 0.15) is 22.6 Å². The number of carboxylic acids is 1. The lowest BCUT2D eigenvalue weighted by Gasteiger charge is -2.49. The third-order valence-corrected chi connectivity index (χ3v) is 8.34. The predicted octanol–water partition coefficient (Wildman–Crippen LogP) is 0.116. The number of amides is 2. The van der Waals surface area contributed by atoms with Gasteiger partial charge >= 0.3 is 5.97 Å². The molecule has 31 heavy (non-hydrogen) atoms. The monoisotopic (exact) mass is 499 g/mol. The van der Waals surface area contributed by atoms with E-state index in [0.717, 1.165) is 11.3 Å². The lowest BCUT2D eigenvalue weighted by Crippen LogP contribution is -2.71. The summed E-state index contributed by atoms with van der Waals surface area (Å²) in [5.74, 6) is -1.87. The average molecular weight is 500 g/mol. The largest absolute Gasteiger partial charge is 0.477 e. The van der Waals surface area contributed by atoms with Gasteiger partial charge in [-0.1, -0.05) is 28.3 Å². The number of carbonyl (C=O) groups is 3. The van der Waals surface area contributed by atoms with Crippen molar-refractivity contribution < 1.29 is 24.7 Å². The molecule has 4 heterocycles. The van der Waals surface area contributed by atoms with Crippen LogP contribution in [0.1, 0.15) is 5.69 Å². The van der Waals surface area contributed by atoms with E-state index in [2.05, 4.69) is 25.7 Å². The molecule has 2 aliphatic heterocycles. The van der Waals surface area contributed by atoms with Crippen molar-refractivity contribution in [3.8, 4) is 0 Å². The van der Waals surface area contributed by atoms with Crippen molar-refractivity contribution in [3.63, 3.8) is 0 Å². The van der Waals surface area contributed by atoms with Crippen molar-refractivity contribution in [2.45, 2.75) is 15.8 Å². The number of oxime groups is 1. The molecule has 0 spiro atoms. The fourth-order valence-electron chi connectivity index (χ4n) is 3.01. The van der Waals surface area contributed by atoms with Gasteiger partial charge in [-0.15, -0.1) is 33.3 Å². The van der Waals surface area contributed by atoms with Crippen LogP contribution in [0.25, 0.3) is 0 Å². The minimum Gasteiger partial charge on any atom is -0.477 e. The fraction of sp³-hybridized carbons (Fsp3) is 0.267. The van der Waals surface area contributed by atoms with Crippen LogP contribution < -0.4 is 10.1 Å². The number of β-lactam (4-membered cyclic amide) rings is 1. The Morgan fingerprint density at radius 3 is 2.87 bits per heavy atom. The fourth-order valence-corrected chi connectivity index (χ4v) is 6.56. The molecular weight excluding hydrogens is 486 g/mol. The van der Waals surface area contributed by atoms with Gasteiger partial charge in [0.25, 0.3) is 11.8 Å². The van der Waals surface area contributed by atoms with E-state index < -0.39 is 29.2 Å². The lowest BCUT2D eigenvalue weighted by atomic mass is 10.0. The molecule has 4 rings (SSSR count). The van der Waals surface area contributed by atoms with E-state index in [4.69, 9.17) is 5.41 Å². The molecule has 0 aromatic carbocycles. The first-order valence-electron chi connectivity index (χ1n) is 8.45. The predicted molar refractivity (Wildman–Crippen MR) is 113 cm³/mol. The lowest BCUT2D eigenvalue weighted by molar-refractivity contribution is -0.150. The number of thiazole rings is 1. The van der Waals surface area contributed by atoms with Gasteiger partial charge in [0, 0.05) is 16.9 Å². The Balaban J connectivity index is 1.49. The molecule has 2 aromatic rings. The highest BCUT2D eigenvalue weighted by Gasteiger charge is 2.54. The van der Waals surface area contributed by atoms with E-state index in [1.54, 1.807) is 5.51 Å². The molecule has 16 heteroatoms. The summed E-state index contributed by atoms with van der Waals surface area (Å²) in [5, 5.41) is 40.3. The number of carboxylic acid groups (broad SMARTS) is 1. The molecule has 0 aliphatic carbocycles. The van der Waals surface area contributed by atoms with Gasteiger partial charge < -0.3 is 20.6 Å². The molecule has 0 saturated carbocycles. The Bertz CT molecular complexity index is 1150. The summed E-state index contributed by atoms with van der Waals surface area (Å²) in [6.45, 7) is 0. The van der Waals surface area contributed by atoms with Crippen LogP contribution >= 0.6 is 46.2 Å². The standard InChI is InChI=1S/C15H13N7O5S4/c16-14-18-6(3-29-14)7(21-27)10(23)19-8-11(24)22-9(13(25)26)5(1-28-12(8)22)2-30-15-20-17-4-31-15/h3-4,8,12,27H,1-2H2,(H2,16,18)(H,19,23)(H,25,26)/b21-7-/t8?,12-/m1/s1. The zero-order chi connectivity index (χ0) is 22.1. The maximum absolute atomic E-state index is 12.7. The number of fused-ring (bicyclic) bond motifs is 1. The Kier molecular flexibility index (Phi) is 6.12. The number of hydrogen-bond donors (Lipinski definition) is 5. The maximum atomic E-state index is 12.7. The van der Waals surface area contributed by atoms with Crippen LogP contribution in [0.4, 0.5) is 0 Å². The van der Waals surface area contributed by atoms with Gasteiger partial charge in [0.05, 0.1) is 5.69 Å². The second-order valence-corrected chi connectivity index (χ2v) is 10.2. The Hall–Kier alpha value is -2.69. The minimum atomic E-state index is -1.22. The molecular formula is C15H13N7O5S4. The maximum Gasteiger partial charge on any atom is 0.352 e. The number of carbonyl (C=O) groups excluding carboxylic acids is 2. The van der Waals surface area contributed by atoms with Crippen molar-refractivity contribution in [1.29, 1.82) is 5.41 Å². The van der Waals surface area contributed by atoms with E-state index in [0.29, 0.717) is 21.4 Å². The quantitative estimate of drug-likeness (QED) is 0.116.